The lowest BCUT2D eigenvalue weighted by molar-refractivity contribution is -0.149. The number of hydrogen-bond donors (Lipinski definition) is 2. The summed E-state index contributed by atoms with van der Waals surface area (Å²) in [5, 5.41) is 11.6. The molecule has 3 atom stereocenters. The summed E-state index contributed by atoms with van der Waals surface area (Å²) in [7, 11) is 0. The molecule has 1 aromatic rings. The van der Waals surface area contributed by atoms with E-state index in [0.717, 1.165) is 12.3 Å². The maximum absolute atomic E-state index is 15.0. The van der Waals surface area contributed by atoms with Gasteiger partial charge in [0.2, 0.25) is 12.3 Å². The maximum Gasteiger partial charge on any atom is 0.509 e. The highest BCUT2D eigenvalue weighted by atomic mass is 19.3. The molecule has 1 aromatic heterocycles. The fraction of sp³-hybridized carbons (Fsp3) is 0.684. The smallest absolute Gasteiger partial charge is 0.444 e. The number of carbonyl (C=O) groups excluding carboxylic acids is 2. The predicted molar refractivity (Wildman–Crippen MR) is 105 cm³/mol. The van der Waals surface area contributed by atoms with E-state index in [4.69, 9.17) is 18.9 Å². The fourth-order valence-corrected chi connectivity index (χ4v) is 2.71. The Morgan fingerprint density at radius 2 is 1.81 bits per heavy atom. The largest absolute Gasteiger partial charge is 0.509 e. The van der Waals surface area contributed by atoms with Crippen LogP contribution in [0.2, 0.25) is 0 Å². The van der Waals surface area contributed by atoms with Gasteiger partial charge >= 0.3 is 23.9 Å². The van der Waals surface area contributed by atoms with Crippen LogP contribution in [0.5, 0.6) is 0 Å². The van der Waals surface area contributed by atoms with Crippen molar-refractivity contribution in [3.05, 3.63) is 22.7 Å². The average Bonchev–Trinajstić information content (AvgIpc) is 2.82. The van der Waals surface area contributed by atoms with Gasteiger partial charge in [-0.2, -0.15) is 13.8 Å². The van der Waals surface area contributed by atoms with Gasteiger partial charge < -0.3 is 24.1 Å². The average molecular weight is 463 g/mol. The number of aromatic nitrogens is 2. The molecular formula is C19H27F2N3O8. The van der Waals surface area contributed by atoms with E-state index in [0.29, 0.717) is 4.57 Å². The highest BCUT2D eigenvalue weighted by Crippen LogP contribution is 2.44. The van der Waals surface area contributed by atoms with Crippen LogP contribution in [0.15, 0.2) is 17.1 Å². The highest BCUT2D eigenvalue weighted by Gasteiger charge is 2.62. The second-order valence-corrected chi connectivity index (χ2v) is 9.02. The number of anilines is 1. The summed E-state index contributed by atoms with van der Waals surface area (Å²) in [6, 6.07) is 1.08. The van der Waals surface area contributed by atoms with E-state index in [1.54, 1.807) is 20.8 Å². The lowest BCUT2D eigenvalue weighted by atomic mass is 10.1. The monoisotopic (exact) mass is 463 g/mol. The summed E-state index contributed by atoms with van der Waals surface area (Å²) in [6.45, 7) is 8.52. The van der Waals surface area contributed by atoms with Crippen LogP contribution < -0.4 is 11.0 Å². The molecular weight excluding hydrogens is 436 g/mol. The van der Waals surface area contributed by atoms with Crippen LogP contribution >= 0.6 is 0 Å². The third kappa shape index (κ3) is 6.36. The van der Waals surface area contributed by atoms with Crippen LogP contribution in [0.3, 0.4) is 0 Å². The molecule has 1 unspecified atom stereocenters. The molecule has 0 bridgehead atoms. The first-order valence-electron chi connectivity index (χ1n) is 9.66. The molecule has 1 amide bonds. The Bertz CT molecular complexity index is 907. The Kier molecular flexibility index (Phi) is 7.15. The maximum atomic E-state index is 15.0. The third-order valence-corrected chi connectivity index (χ3v) is 3.85. The molecule has 1 aliphatic rings. The molecule has 2 rings (SSSR count). The van der Waals surface area contributed by atoms with Gasteiger partial charge in [0, 0.05) is 6.20 Å². The molecule has 0 saturated carbocycles. The number of amides is 1. The van der Waals surface area contributed by atoms with Gasteiger partial charge in [0.1, 0.15) is 23.1 Å². The summed E-state index contributed by atoms with van der Waals surface area (Å²) in [6.07, 6.45) is -7.44. The molecule has 2 heterocycles. The summed E-state index contributed by atoms with van der Waals surface area (Å²) in [4.78, 5) is 39.5. The van der Waals surface area contributed by atoms with Crippen LogP contribution in [-0.4, -0.2) is 62.8 Å². The Morgan fingerprint density at radius 1 is 1.22 bits per heavy atom. The molecule has 2 N–H and O–H groups in total. The lowest BCUT2D eigenvalue weighted by Gasteiger charge is -2.25. The molecule has 1 fully saturated rings. The zero-order valence-electron chi connectivity index (χ0n) is 18.5. The van der Waals surface area contributed by atoms with Crippen LogP contribution in [0.4, 0.5) is 24.2 Å². The zero-order chi connectivity index (χ0) is 24.5. The van der Waals surface area contributed by atoms with Gasteiger partial charge in [-0.1, -0.05) is 0 Å². The highest BCUT2D eigenvalue weighted by molar-refractivity contribution is 5.83. The molecule has 1 aliphatic heterocycles. The van der Waals surface area contributed by atoms with Crippen molar-refractivity contribution >= 4 is 18.1 Å². The van der Waals surface area contributed by atoms with E-state index in [1.807, 2.05) is 0 Å². The van der Waals surface area contributed by atoms with Crippen molar-refractivity contribution in [1.29, 1.82) is 0 Å². The molecule has 180 valence electrons. The minimum atomic E-state index is -3.92. The quantitative estimate of drug-likeness (QED) is 0.645. The number of halogens is 2. The minimum absolute atomic E-state index is 0.234. The van der Waals surface area contributed by atoms with E-state index < -0.39 is 60.1 Å². The minimum Gasteiger partial charge on any atom is -0.444 e. The van der Waals surface area contributed by atoms with Gasteiger partial charge in [-0.05, 0) is 47.6 Å². The first-order chi connectivity index (χ1) is 14.5. The number of aliphatic hydroxyl groups excluding tert-OH is 1. The number of ether oxygens (including phenoxy) is 4. The van der Waals surface area contributed by atoms with E-state index in [9.17, 15) is 19.5 Å². The zero-order valence-corrected chi connectivity index (χ0v) is 18.5. The molecule has 1 saturated heterocycles. The molecule has 0 radical (unpaired) electrons. The van der Waals surface area contributed by atoms with E-state index in [2.05, 4.69) is 10.3 Å². The standard InChI is InChI=1S/C19H27F2N3O8/c1-17(2,3)31-15(27)23-11-7-8-24(14(26)22-11)13-19(20,21)12(10(9-25)29-13)30-16(28)32-18(4,5)6/h7-8,10,12-13,25H,9H2,1-6H3,(H,22,23,26,27)/t10-,12?,13-/m1/s1. The van der Waals surface area contributed by atoms with Crippen molar-refractivity contribution in [1.82, 2.24) is 9.55 Å². The number of alkyl halides is 2. The van der Waals surface area contributed by atoms with Gasteiger partial charge in [0.15, 0.2) is 0 Å². The second kappa shape index (κ2) is 8.98. The Morgan fingerprint density at radius 3 is 2.31 bits per heavy atom. The SMILES string of the molecule is CC(C)(C)OC(=O)Nc1ccn([C@@H]2O[C@H](CO)C(OC(=O)OC(C)(C)C)C2(F)F)c(=O)n1. The number of nitrogens with zero attached hydrogens (tertiary/aromatic N) is 2. The van der Waals surface area contributed by atoms with E-state index >= 15 is 8.78 Å². The molecule has 11 nitrogen and oxygen atoms in total. The summed E-state index contributed by atoms with van der Waals surface area (Å²) in [5.74, 6) is -4.15. The summed E-state index contributed by atoms with van der Waals surface area (Å²) < 4.78 is 50.2. The fourth-order valence-electron chi connectivity index (χ4n) is 2.71. The van der Waals surface area contributed by atoms with Crippen molar-refractivity contribution in [2.75, 3.05) is 11.9 Å². The van der Waals surface area contributed by atoms with Gasteiger partial charge in [0.25, 0.3) is 0 Å². The van der Waals surface area contributed by atoms with Crippen LogP contribution in [0.25, 0.3) is 0 Å². The number of rotatable bonds is 4. The molecule has 32 heavy (non-hydrogen) atoms. The van der Waals surface area contributed by atoms with Crippen molar-refractivity contribution in [3.63, 3.8) is 0 Å². The first kappa shape index (κ1) is 25.5. The molecule has 0 aromatic carbocycles. The van der Waals surface area contributed by atoms with Crippen molar-refractivity contribution in [2.45, 2.75) is 77.1 Å². The van der Waals surface area contributed by atoms with Crippen LogP contribution in [0, 0.1) is 0 Å². The van der Waals surface area contributed by atoms with Gasteiger partial charge in [-0.3, -0.25) is 9.88 Å². The first-order valence-corrected chi connectivity index (χ1v) is 9.66. The number of carbonyl (C=O) groups is 2. The van der Waals surface area contributed by atoms with Gasteiger partial charge in [-0.15, -0.1) is 0 Å². The summed E-state index contributed by atoms with van der Waals surface area (Å²) >= 11 is 0. The normalized spacial score (nSPS) is 22.8. The molecule has 0 spiro atoms. The van der Waals surface area contributed by atoms with E-state index in [-0.39, 0.29) is 5.82 Å². The van der Waals surface area contributed by atoms with Crippen molar-refractivity contribution in [3.8, 4) is 0 Å². The Labute approximate surface area is 182 Å². The van der Waals surface area contributed by atoms with Gasteiger partial charge in [-0.25, -0.2) is 14.4 Å². The van der Waals surface area contributed by atoms with E-state index in [1.165, 1.54) is 20.8 Å². The number of hydrogen-bond acceptors (Lipinski definition) is 9. The molecule has 0 aliphatic carbocycles. The van der Waals surface area contributed by atoms with Crippen molar-refractivity contribution < 1.29 is 42.4 Å². The Balaban J connectivity index is 2.23. The van der Waals surface area contributed by atoms with Crippen LogP contribution in [0.1, 0.15) is 47.8 Å². The lowest BCUT2D eigenvalue weighted by Crippen LogP contribution is -2.45. The summed E-state index contributed by atoms with van der Waals surface area (Å²) in [5.41, 5.74) is -2.99. The predicted octanol–water partition coefficient (Wildman–Crippen LogP) is 2.44. The number of aliphatic hydroxyl groups is 1. The van der Waals surface area contributed by atoms with Crippen molar-refractivity contribution in [2.24, 2.45) is 0 Å². The Hall–Kier alpha value is -2.80. The van der Waals surface area contributed by atoms with Gasteiger partial charge in [0.05, 0.1) is 6.61 Å². The topological polar surface area (TPSA) is 138 Å². The third-order valence-electron chi connectivity index (χ3n) is 3.85. The van der Waals surface area contributed by atoms with Crippen LogP contribution in [-0.2, 0) is 18.9 Å². The second-order valence-electron chi connectivity index (χ2n) is 9.02. The molecule has 13 heteroatoms. The number of nitrogens with one attached hydrogen (secondary N) is 1.